The second-order valence-electron chi connectivity index (χ2n) is 4.85. The number of nitrogens with two attached hydrogens (primary N) is 1. The highest BCUT2D eigenvalue weighted by atomic mass is 15.3. The van der Waals surface area contributed by atoms with Crippen molar-refractivity contribution >= 4 is 5.69 Å². The molecule has 0 fully saturated rings. The van der Waals surface area contributed by atoms with Gasteiger partial charge in [-0.3, -0.25) is 0 Å². The summed E-state index contributed by atoms with van der Waals surface area (Å²) >= 11 is 0. The van der Waals surface area contributed by atoms with Crippen LogP contribution in [0.5, 0.6) is 0 Å². The van der Waals surface area contributed by atoms with Gasteiger partial charge in [-0.2, -0.15) is 0 Å². The van der Waals surface area contributed by atoms with E-state index < -0.39 is 0 Å². The molecule has 0 spiro atoms. The van der Waals surface area contributed by atoms with Crippen LogP contribution in [0.2, 0.25) is 0 Å². The fraction of sp³-hybridized carbons (Fsp3) is 0.385. The largest absolute Gasteiger partial charge is 0.399 e. The fourth-order valence-electron chi connectivity index (χ4n) is 2.41. The van der Waals surface area contributed by atoms with Gasteiger partial charge in [0.2, 0.25) is 0 Å². The first-order valence-corrected chi connectivity index (χ1v) is 5.98. The zero-order valence-electron chi connectivity index (χ0n) is 10.1. The Bertz CT molecular complexity index is 569. The normalized spacial score (nSPS) is 13.6. The number of nitrogen functional groups attached to an aromatic ring is 1. The van der Waals surface area contributed by atoms with Crippen molar-refractivity contribution in [3.8, 4) is 11.4 Å². The molecule has 0 aliphatic carbocycles. The van der Waals surface area contributed by atoms with Crippen LogP contribution in [0.4, 0.5) is 5.69 Å². The summed E-state index contributed by atoms with van der Waals surface area (Å²) in [6.07, 6.45) is 1.03. The van der Waals surface area contributed by atoms with E-state index in [0.29, 0.717) is 5.92 Å². The Kier molecular flexibility index (Phi) is 2.18. The van der Waals surface area contributed by atoms with Crippen LogP contribution in [0.3, 0.4) is 0 Å². The molecule has 2 N–H and O–H groups in total. The van der Waals surface area contributed by atoms with E-state index in [2.05, 4.69) is 34.7 Å². The fourth-order valence-corrected chi connectivity index (χ4v) is 2.41. The molecule has 1 aliphatic heterocycles. The molecule has 4 nitrogen and oxygen atoms in total. The maximum Gasteiger partial charge on any atom is 0.164 e. The van der Waals surface area contributed by atoms with Crippen LogP contribution in [0.25, 0.3) is 11.4 Å². The van der Waals surface area contributed by atoms with Crippen molar-refractivity contribution in [3.05, 3.63) is 29.6 Å². The lowest BCUT2D eigenvalue weighted by molar-refractivity contribution is 0.613. The van der Waals surface area contributed by atoms with E-state index in [0.717, 1.165) is 35.9 Å². The number of fused-ring (bicyclic) bond motifs is 3. The summed E-state index contributed by atoms with van der Waals surface area (Å²) in [5, 5.41) is 8.62. The number of hydrogen-bond donors (Lipinski definition) is 1. The maximum absolute atomic E-state index is 5.85. The molecule has 0 saturated heterocycles. The number of rotatable bonds is 1. The summed E-state index contributed by atoms with van der Waals surface area (Å²) in [6, 6.07) is 6.05. The van der Waals surface area contributed by atoms with Gasteiger partial charge >= 0.3 is 0 Å². The van der Waals surface area contributed by atoms with E-state index in [1.165, 1.54) is 5.56 Å². The third-order valence-corrected chi connectivity index (χ3v) is 3.28. The molecule has 2 heterocycles. The number of anilines is 1. The van der Waals surface area contributed by atoms with Crippen LogP contribution in [0.15, 0.2) is 18.2 Å². The van der Waals surface area contributed by atoms with E-state index in [4.69, 9.17) is 5.73 Å². The molecule has 0 atom stereocenters. The van der Waals surface area contributed by atoms with Gasteiger partial charge in [0.25, 0.3) is 0 Å². The Morgan fingerprint density at radius 3 is 2.88 bits per heavy atom. The van der Waals surface area contributed by atoms with Crippen LogP contribution in [-0.4, -0.2) is 14.8 Å². The first kappa shape index (κ1) is 10.3. The van der Waals surface area contributed by atoms with Crippen molar-refractivity contribution in [3.63, 3.8) is 0 Å². The SMILES string of the molecule is CC(C)c1nnc2n1CCc1ccc(N)cc1-2. The van der Waals surface area contributed by atoms with Crippen LogP contribution >= 0.6 is 0 Å². The molecule has 0 unspecified atom stereocenters. The molecule has 17 heavy (non-hydrogen) atoms. The average molecular weight is 228 g/mol. The second kappa shape index (κ2) is 3.58. The molecule has 0 bridgehead atoms. The number of nitrogens with zero attached hydrogens (tertiary/aromatic N) is 3. The van der Waals surface area contributed by atoms with Gasteiger partial charge in [-0.15, -0.1) is 10.2 Å². The van der Waals surface area contributed by atoms with Crippen molar-refractivity contribution in [2.24, 2.45) is 0 Å². The van der Waals surface area contributed by atoms with Gasteiger partial charge in [0.05, 0.1) is 0 Å². The predicted octanol–water partition coefficient (Wildman–Crippen LogP) is 2.21. The van der Waals surface area contributed by atoms with Gasteiger partial charge in [-0.25, -0.2) is 0 Å². The van der Waals surface area contributed by atoms with Gasteiger partial charge in [0.15, 0.2) is 5.82 Å². The minimum Gasteiger partial charge on any atom is -0.399 e. The van der Waals surface area contributed by atoms with Gasteiger partial charge < -0.3 is 10.3 Å². The van der Waals surface area contributed by atoms with E-state index in [1.807, 2.05) is 12.1 Å². The minimum atomic E-state index is 0.402. The number of benzene rings is 1. The average Bonchev–Trinajstić information content (AvgIpc) is 2.72. The molecule has 0 saturated carbocycles. The summed E-state index contributed by atoms with van der Waals surface area (Å²) in [4.78, 5) is 0. The first-order valence-electron chi connectivity index (χ1n) is 5.98. The summed E-state index contributed by atoms with van der Waals surface area (Å²) in [5.41, 5.74) is 9.08. The van der Waals surface area contributed by atoms with Crippen molar-refractivity contribution in [2.45, 2.75) is 32.7 Å². The monoisotopic (exact) mass is 228 g/mol. The van der Waals surface area contributed by atoms with Crippen molar-refractivity contribution in [2.75, 3.05) is 5.73 Å². The van der Waals surface area contributed by atoms with Gasteiger partial charge in [-0.1, -0.05) is 19.9 Å². The van der Waals surface area contributed by atoms with Gasteiger partial charge in [0, 0.05) is 23.7 Å². The molecule has 0 radical (unpaired) electrons. The zero-order chi connectivity index (χ0) is 12.0. The summed E-state index contributed by atoms with van der Waals surface area (Å²) in [6.45, 7) is 5.26. The quantitative estimate of drug-likeness (QED) is 0.761. The van der Waals surface area contributed by atoms with E-state index in [-0.39, 0.29) is 0 Å². The highest BCUT2D eigenvalue weighted by Gasteiger charge is 2.22. The molecule has 1 aromatic carbocycles. The molecule has 1 aromatic heterocycles. The third kappa shape index (κ3) is 1.52. The van der Waals surface area contributed by atoms with E-state index >= 15 is 0 Å². The Morgan fingerprint density at radius 1 is 1.29 bits per heavy atom. The Morgan fingerprint density at radius 2 is 2.12 bits per heavy atom. The lowest BCUT2D eigenvalue weighted by atomic mass is 9.99. The summed E-state index contributed by atoms with van der Waals surface area (Å²) < 4.78 is 2.21. The molecule has 2 aromatic rings. The lowest BCUT2D eigenvalue weighted by Gasteiger charge is -2.19. The van der Waals surface area contributed by atoms with Crippen LogP contribution in [0.1, 0.15) is 31.2 Å². The van der Waals surface area contributed by atoms with E-state index in [9.17, 15) is 0 Å². The van der Waals surface area contributed by atoms with Gasteiger partial charge in [0.1, 0.15) is 5.82 Å². The second-order valence-corrected chi connectivity index (χ2v) is 4.85. The Hall–Kier alpha value is -1.84. The smallest absolute Gasteiger partial charge is 0.164 e. The Labute approximate surface area is 100 Å². The number of aryl methyl sites for hydroxylation is 1. The summed E-state index contributed by atoms with van der Waals surface area (Å²) in [7, 11) is 0. The molecule has 88 valence electrons. The highest BCUT2D eigenvalue weighted by molar-refractivity contribution is 5.67. The molecule has 3 rings (SSSR count). The zero-order valence-corrected chi connectivity index (χ0v) is 10.1. The molecule has 4 heteroatoms. The number of hydrogen-bond acceptors (Lipinski definition) is 3. The van der Waals surface area contributed by atoms with Crippen molar-refractivity contribution in [1.29, 1.82) is 0 Å². The van der Waals surface area contributed by atoms with Crippen LogP contribution in [0, 0.1) is 0 Å². The Balaban J connectivity index is 2.20. The van der Waals surface area contributed by atoms with E-state index in [1.54, 1.807) is 0 Å². The highest BCUT2D eigenvalue weighted by Crippen LogP contribution is 2.31. The van der Waals surface area contributed by atoms with Crippen LogP contribution in [-0.2, 0) is 13.0 Å². The van der Waals surface area contributed by atoms with Crippen LogP contribution < -0.4 is 5.73 Å². The third-order valence-electron chi connectivity index (χ3n) is 3.28. The van der Waals surface area contributed by atoms with Crippen molar-refractivity contribution in [1.82, 2.24) is 14.8 Å². The topological polar surface area (TPSA) is 56.7 Å². The molecular formula is C13H16N4. The standard InChI is InChI=1S/C13H16N4/c1-8(2)12-15-16-13-11-7-10(14)4-3-9(11)5-6-17(12)13/h3-4,7-8H,5-6,14H2,1-2H3. The first-order chi connectivity index (χ1) is 8.16. The molecular weight excluding hydrogens is 212 g/mol. The molecule has 1 aliphatic rings. The van der Waals surface area contributed by atoms with Gasteiger partial charge in [-0.05, 0) is 24.1 Å². The minimum absolute atomic E-state index is 0.402. The maximum atomic E-state index is 5.85. The lowest BCUT2D eigenvalue weighted by Crippen LogP contribution is -2.14. The van der Waals surface area contributed by atoms with Crippen molar-refractivity contribution < 1.29 is 0 Å². The molecule has 0 amide bonds. The summed E-state index contributed by atoms with van der Waals surface area (Å²) in [5.74, 6) is 2.43. The number of aromatic nitrogens is 3. The predicted molar refractivity (Wildman–Crippen MR) is 67.7 cm³/mol.